The van der Waals surface area contributed by atoms with Crippen molar-refractivity contribution in [2.24, 2.45) is 5.10 Å². The topological polar surface area (TPSA) is 84.8 Å². The lowest BCUT2D eigenvalue weighted by atomic mass is 10.1. The van der Waals surface area contributed by atoms with Crippen molar-refractivity contribution in [1.82, 2.24) is 10.4 Å². The second-order valence-electron chi connectivity index (χ2n) is 7.40. The number of halogens is 2. The highest BCUT2D eigenvalue weighted by Crippen LogP contribution is 2.32. The second kappa shape index (κ2) is 11.9. The Balaban J connectivity index is 1.39. The molecule has 36 heavy (non-hydrogen) atoms. The molecule has 0 spiro atoms. The molecule has 1 amide bonds. The minimum Gasteiger partial charge on any atom is -0.493 e. The van der Waals surface area contributed by atoms with Crippen LogP contribution in [0, 0.1) is 0 Å². The van der Waals surface area contributed by atoms with E-state index >= 15 is 0 Å². The first-order chi connectivity index (χ1) is 17.5. The van der Waals surface area contributed by atoms with Crippen LogP contribution in [0.4, 0.5) is 10.8 Å². The van der Waals surface area contributed by atoms with Crippen molar-refractivity contribution in [1.29, 1.82) is 0 Å². The molecule has 1 aromatic heterocycles. The molecule has 0 fully saturated rings. The smallest absolute Gasteiger partial charge is 0.271 e. The number of carbonyl (C=O) groups excluding carboxylic acids is 1. The number of carbonyl (C=O) groups is 1. The molecule has 3 aromatic carbocycles. The summed E-state index contributed by atoms with van der Waals surface area (Å²) in [5.41, 5.74) is 6.16. The largest absolute Gasteiger partial charge is 0.493 e. The van der Waals surface area contributed by atoms with E-state index in [0.717, 1.165) is 22.1 Å². The van der Waals surface area contributed by atoms with Gasteiger partial charge in [-0.15, -0.1) is 11.3 Å². The van der Waals surface area contributed by atoms with Gasteiger partial charge in [0.25, 0.3) is 5.91 Å². The average Bonchev–Trinajstić information content (AvgIpc) is 3.35. The number of amides is 1. The Kier molecular flexibility index (Phi) is 8.43. The third-order valence-electron chi connectivity index (χ3n) is 5.00. The lowest BCUT2D eigenvalue weighted by Crippen LogP contribution is -2.17. The first-order valence-corrected chi connectivity index (χ1v) is 12.5. The van der Waals surface area contributed by atoms with E-state index in [1.807, 2.05) is 48.7 Å². The van der Waals surface area contributed by atoms with Gasteiger partial charge in [0.15, 0.2) is 16.6 Å². The van der Waals surface area contributed by atoms with Crippen molar-refractivity contribution in [3.05, 3.63) is 87.2 Å². The van der Waals surface area contributed by atoms with E-state index in [-0.39, 0.29) is 5.91 Å². The minimum atomic E-state index is -0.351. The number of aromatic nitrogens is 1. The van der Waals surface area contributed by atoms with Crippen molar-refractivity contribution in [2.75, 3.05) is 19.0 Å². The molecule has 1 heterocycles. The van der Waals surface area contributed by atoms with E-state index in [9.17, 15) is 4.79 Å². The minimum absolute atomic E-state index is 0.351. The molecule has 4 aromatic rings. The molecule has 0 bridgehead atoms. The SMILES string of the molecule is CCOc1cc(/C=N\NC(=O)c2ccc(-c3csc(Nc4ccc(Cl)cc4)n3)cc2)c(Cl)cc1OC. The molecule has 0 unspecified atom stereocenters. The maximum absolute atomic E-state index is 12.5. The van der Waals surface area contributed by atoms with Crippen LogP contribution in [0.1, 0.15) is 22.8 Å². The maximum Gasteiger partial charge on any atom is 0.271 e. The molecule has 0 saturated heterocycles. The van der Waals surface area contributed by atoms with E-state index in [1.165, 1.54) is 17.6 Å². The summed E-state index contributed by atoms with van der Waals surface area (Å²) in [6, 6.07) is 17.9. The molecule has 0 aliphatic carbocycles. The predicted octanol–water partition coefficient (Wildman–Crippen LogP) is 7.03. The number of hydrogen-bond acceptors (Lipinski definition) is 7. The average molecular weight is 541 g/mol. The van der Waals surface area contributed by atoms with E-state index in [4.69, 9.17) is 32.7 Å². The first-order valence-electron chi connectivity index (χ1n) is 10.9. The number of hydrazone groups is 1. The number of nitrogens with zero attached hydrogens (tertiary/aromatic N) is 2. The zero-order valence-electron chi connectivity index (χ0n) is 19.4. The number of methoxy groups -OCH3 is 1. The Morgan fingerprint density at radius 1 is 1.08 bits per heavy atom. The van der Waals surface area contributed by atoms with E-state index in [0.29, 0.717) is 39.3 Å². The zero-order valence-corrected chi connectivity index (χ0v) is 21.7. The molecule has 0 aliphatic rings. The lowest BCUT2D eigenvalue weighted by Gasteiger charge is -2.11. The van der Waals surface area contributed by atoms with Gasteiger partial charge in [0.1, 0.15) is 0 Å². The number of nitrogens with one attached hydrogen (secondary N) is 2. The molecule has 10 heteroatoms. The van der Waals surface area contributed by atoms with E-state index in [1.54, 1.807) is 31.4 Å². The lowest BCUT2D eigenvalue weighted by molar-refractivity contribution is 0.0955. The third kappa shape index (κ3) is 6.34. The summed E-state index contributed by atoms with van der Waals surface area (Å²) in [6.45, 7) is 2.35. The number of ether oxygens (including phenoxy) is 2. The normalized spacial score (nSPS) is 10.9. The number of thiazole rings is 1. The van der Waals surface area contributed by atoms with Crippen LogP contribution in [0.25, 0.3) is 11.3 Å². The maximum atomic E-state index is 12.5. The van der Waals surface area contributed by atoms with Crippen LogP contribution in [0.3, 0.4) is 0 Å². The molecular weight excluding hydrogens is 519 g/mol. The van der Waals surface area contributed by atoms with Crippen LogP contribution < -0.4 is 20.2 Å². The van der Waals surface area contributed by atoms with Gasteiger partial charge in [-0.25, -0.2) is 10.4 Å². The molecule has 0 atom stereocenters. The fourth-order valence-electron chi connectivity index (χ4n) is 3.22. The summed E-state index contributed by atoms with van der Waals surface area (Å²) in [6.07, 6.45) is 1.46. The molecule has 0 saturated carbocycles. The van der Waals surface area contributed by atoms with Gasteiger partial charge in [-0.3, -0.25) is 4.79 Å². The second-order valence-corrected chi connectivity index (χ2v) is 9.11. The standard InChI is InChI=1S/C26H22Cl2N4O3S/c1-3-35-24-12-18(21(28)13-23(24)34-2)14-29-32-25(33)17-6-4-16(5-7-17)22-15-36-26(31-22)30-20-10-8-19(27)9-11-20/h4-15H,3H2,1-2H3,(H,30,31)(H,32,33)/b29-14-. The Labute approximate surface area is 222 Å². The van der Waals surface area contributed by atoms with Gasteiger partial charge < -0.3 is 14.8 Å². The van der Waals surface area contributed by atoms with Gasteiger partial charge in [-0.05, 0) is 49.4 Å². The summed E-state index contributed by atoms with van der Waals surface area (Å²) in [5, 5.41) is 11.1. The molecule has 4 rings (SSSR count). The van der Waals surface area contributed by atoms with Crippen LogP contribution in [-0.2, 0) is 0 Å². The summed E-state index contributed by atoms with van der Waals surface area (Å²) < 4.78 is 10.8. The third-order valence-corrected chi connectivity index (χ3v) is 6.33. The highest BCUT2D eigenvalue weighted by atomic mass is 35.5. The molecule has 0 radical (unpaired) electrons. The van der Waals surface area contributed by atoms with Gasteiger partial charge >= 0.3 is 0 Å². The number of benzene rings is 3. The molecule has 7 nitrogen and oxygen atoms in total. The first kappa shape index (κ1) is 25.5. The van der Waals surface area contributed by atoms with Crippen molar-refractivity contribution >= 4 is 57.5 Å². The van der Waals surface area contributed by atoms with Gasteiger partial charge in [-0.1, -0.05) is 35.3 Å². The number of rotatable bonds is 9. The Morgan fingerprint density at radius 2 is 1.83 bits per heavy atom. The van der Waals surface area contributed by atoms with Crippen LogP contribution in [0.15, 0.2) is 71.1 Å². The summed E-state index contributed by atoms with van der Waals surface area (Å²) >= 11 is 13.7. The van der Waals surface area contributed by atoms with E-state index < -0.39 is 0 Å². The Bertz CT molecular complexity index is 1370. The summed E-state index contributed by atoms with van der Waals surface area (Å²) in [5.74, 6) is 0.716. The molecular formula is C26H22Cl2N4O3S. The van der Waals surface area contributed by atoms with Crippen LogP contribution in [-0.4, -0.2) is 30.8 Å². The Morgan fingerprint density at radius 3 is 2.53 bits per heavy atom. The van der Waals surface area contributed by atoms with Crippen LogP contribution >= 0.6 is 34.5 Å². The molecule has 0 aliphatic heterocycles. The fraction of sp³-hybridized carbons (Fsp3) is 0.115. The van der Waals surface area contributed by atoms with Gasteiger partial charge in [0.05, 0.1) is 30.6 Å². The van der Waals surface area contributed by atoms with Gasteiger partial charge in [0.2, 0.25) is 0 Å². The van der Waals surface area contributed by atoms with Crippen molar-refractivity contribution in [2.45, 2.75) is 6.92 Å². The summed E-state index contributed by atoms with van der Waals surface area (Å²) in [4.78, 5) is 17.1. The van der Waals surface area contributed by atoms with Crippen LogP contribution in [0.2, 0.25) is 10.0 Å². The van der Waals surface area contributed by atoms with Crippen LogP contribution in [0.5, 0.6) is 11.5 Å². The van der Waals surface area contributed by atoms with Crippen molar-refractivity contribution < 1.29 is 14.3 Å². The monoisotopic (exact) mass is 540 g/mol. The molecule has 184 valence electrons. The van der Waals surface area contributed by atoms with Gasteiger partial charge in [0, 0.05) is 38.8 Å². The number of anilines is 2. The zero-order chi connectivity index (χ0) is 25.5. The van der Waals surface area contributed by atoms with E-state index in [2.05, 4.69) is 20.8 Å². The highest BCUT2D eigenvalue weighted by Gasteiger charge is 2.11. The fourth-order valence-corrected chi connectivity index (χ4v) is 4.28. The summed E-state index contributed by atoms with van der Waals surface area (Å²) in [7, 11) is 1.54. The number of hydrogen-bond donors (Lipinski definition) is 2. The Hall–Kier alpha value is -3.59. The quantitative estimate of drug-likeness (QED) is 0.176. The highest BCUT2D eigenvalue weighted by molar-refractivity contribution is 7.14. The molecule has 2 N–H and O–H groups in total. The van der Waals surface area contributed by atoms with Gasteiger partial charge in [-0.2, -0.15) is 5.10 Å². The van der Waals surface area contributed by atoms with Crippen molar-refractivity contribution in [3.8, 4) is 22.8 Å². The van der Waals surface area contributed by atoms with Crippen molar-refractivity contribution in [3.63, 3.8) is 0 Å². The predicted molar refractivity (Wildman–Crippen MR) is 147 cm³/mol.